The molecule has 1 aliphatic carbocycles. The van der Waals surface area contributed by atoms with Crippen molar-refractivity contribution in [1.82, 2.24) is 21.0 Å². The molecule has 0 spiro atoms. The van der Waals surface area contributed by atoms with Crippen LogP contribution < -0.4 is 21.6 Å². The third kappa shape index (κ3) is 5.39. The van der Waals surface area contributed by atoms with Crippen LogP contribution in [0.5, 0.6) is 0 Å². The average Bonchev–Trinajstić information content (AvgIpc) is 3.58. The molecular formula is C27H29BrClN7. The number of aromatic nitrogens is 1. The number of nitrogens with one attached hydrogen (secondary N) is 4. The molecule has 0 unspecified atom stereocenters. The third-order valence-electron chi connectivity index (χ3n) is 6.04. The topological polar surface area (TPSA) is 88.0 Å². The van der Waals surface area contributed by atoms with E-state index in [2.05, 4.69) is 69.3 Å². The molecule has 1 fully saturated rings. The first-order valence-electron chi connectivity index (χ1n) is 12.4. The van der Waals surface area contributed by atoms with Crippen molar-refractivity contribution in [2.45, 2.75) is 45.7 Å². The molecule has 1 atom stereocenters. The van der Waals surface area contributed by atoms with Gasteiger partial charge in [0, 0.05) is 45.6 Å². The predicted octanol–water partition coefficient (Wildman–Crippen LogP) is 6.46. The van der Waals surface area contributed by atoms with E-state index in [4.69, 9.17) is 11.6 Å². The quantitative estimate of drug-likeness (QED) is 0.260. The highest BCUT2D eigenvalue weighted by molar-refractivity contribution is 9.10. The molecule has 186 valence electrons. The maximum Gasteiger partial charge on any atom is 0.103 e. The van der Waals surface area contributed by atoms with Gasteiger partial charge in [-0.15, -0.1) is 5.53 Å². The lowest BCUT2D eigenvalue weighted by Crippen LogP contribution is -2.38. The Morgan fingerprint density at radius 2 is 2.06 bits per heavy atom. The minimum atomic E-state index is -1.35. The summed E-state index contributed by atoms with van der Waals surface area (Å²) < 4.78 is 10.4. The minimum absolute atomic E-state index is 0.0153. The van der Waals surface area contributed by atoms with Gasteiger partial charge in [-0.3, -0.25) is 9.99 Å². The molecule has 0 amide bonds. The van der Waals surface area contributed by atoms with Crippen LogP contribution in [0.4, 0.5) is 11.4 Å². The first-order valence-corrected chi connectivity index (χ1v) is 13.1. The average molecular weight is 568 g/mol. The lowest BCUT2D eigenvalue weighted by Gasteiger charge is -2.23. The molecule has 2 aliphatic rings. The van der Waals surface area contributed by atoms with Gasteiger partial charge in [-0.2, -0.15) is 5.26 Å². The van der Waals surface area contributed by atoms with Crippen LogP contribution in [-0.4, -0.2) is 22.6 Å². The van der Waals surface area contributed by atoms with Gasteiger partial charge in [0.05, 0.1) is 29.9 Å². The highest BCUT2D eigenvalue weighted by atomic mass is 79.9. The number of hydrogen-bond acceptors (Lipinski definition) is 7. The van der Waals surface area contributed by atoms with Crippen LogP contribution in [0.3, 0.4) is 0 Å². The van der Waals surface area contributed by atoms with Gasteiger partial charge >= 0.3 is 0 Å². The molecule has 2 heterocycles. The largest absolute Gasteiger partial charge is 0.383 e. The standard InChI is InChI=1S/C27H29BrClN7/c1-27(2,3)15-32-24-17(12-30)13-31-26-21(24)10-19(11-22(26)28)33-25(16-4-6-18(29)7-5-16)23-14-36(35-34-23)20-8-9-20/h4-7,10-11,13-14,20,25,33-35H,8-9,15H2,1-3H3,(H,31,32)/t25-/m0/s1/i25D. The number of pyridine rings is 1. The van der Waals surface area contributed by atoms with Gasteiger partial charge in [0.15, 0.2) is 0 Å². The Morgan fingerprint density at radius 3 is 2.72 bits per heavy atom. The summed E-state index contributed by atoms with van der Waals surface area (Å²) in [4.78, 5) is 4.54. The first kappa shape index (κ1) is 23.4. The number of fused-ring (bicyclic) bond motifs is 1. The molecule has 7 nitrogen and oxygen atoms in total. The van der Waals surface area contributed by atoms with Gasteiger partial charge in [-0.05, 0) is 64.0 Å². The molecule has 1 aromatic heterocycles. The zero-order chi connectivity index (χ0) is 26.4. The second-order valence-electron chi connectivity index (χ2n) is 10.4. The zero-order valence-corrected chi connectivity index (χ0v) is 22.8. The van der Waals surface area contributed by atoms with Gasteiger partial charge in [-0.1, -0.05) is 44.5 Å². The van der Waals surface area contributed by atoms with Gasteiger partial charge < -0.3 is 16.1 Å². The van der Waals surface area contributed by atoms with E-state index < -0.39 is 6.02 Å². The number of halogens is 2. The van der Waals surface area contributed by atoms with Crippen molar-refractivity contribution in [3.8, 4) is 6.07 Å². The van der Waals surface area contributed by atoms with E-state index in [1.54, 1.807) is 18.3 Å². The Kier molecular flexibility index (Phi) is 6.38. The Labute approximate surface area is 226 Å². The van der Waals surface area contributed by atoms with Crippen molar-refractivity contribution >= 4 is 49.8 Å². The van der Waals surface area contributed by atoms with Crippen LogP contribution in [0.25, 0.3) is 10.9 Å². The summed E-state index contributed by atoms with van der Waals surface area (Å²) in [5, 5.41) is 20.1. The van der Waals surface area contributed by atoms with Crippen molar-refractivity contribution < 1.29 is 1.37 Å². The smallest absolute Gasteiger partial charge is 0.103 e. The van der Waals surface area contributed by atoms with Crippen molar-refractivity contribution in [2.75, 3.05) is 17.2 Å². The van der Waals surface area contributed by atoms with E-state index in [-0.39, 0.29) is 5.41 Å². The molecular weight excluding hydrogens is 538 g/mol. The summed E-state index contributed by atoms with van der Waals surface area (Å²) in [6.07, 6.45) is 5.79. The number of rotatable bonds is 7. The molecule has 0 bridgehead atoms. The summed E-state index contributed by atoms with van der Waals surface area (Å²) in [5.74, 6) is 0. The minimum Gasteiger partial charge on any atom is -0.383 e. The molecule has 0 saturated heterocycles. The van der Waals surface area contributed by atoms with E-state index in [1.165, 1.54) is 0 Å². The molecule has 0 radical (unpaired) electrons. The highest BCUT2D eigenvalue weighted by Crippen LogP contribution is 2.37. The summed E-state index contributed by atoms with van der Waals surface area (Å²) in [7, 11) is 0. The molecule has 5 rings (SSSR count). The molecule has 4 N–H and O–H groups in total. The van der Waals surface area contributed by atoms with Crippen LogP contribution >= 0.6 is 27.5 Å². The Balaban J connectivity index is 1.60. The molecule has 1 saturated carbocycles. The van der Waals surface area contributed by atoms with Crippen LogP contribution in [0.15, 0.2) is 59.0 Å². The zero-order valence-electron chi connectivity index (χ0n) is 21.4. The summed E-state index contributed by atoms with van der Waals surface area (Å²) in [6, 6.07) is 12.5. The molecule has 2 aromatic carbocycles. The van der Waals surface area contributed by atoms with Crippen molar-refractivity contribution in [1.29, 1.82) is 5.26 Å². The fraction of sp³-hybridized carbons (Fsp3) is 0.333. The van der Waals surface area contributed by atoms with Gasteiger partial charge in [0.2, 0.25) is 0 Å². The fourth-order valence-electron chi connectivity index (χ4n) is 4.02. The van der Waals surface area contributed by atoms with Crippen LogP contribution in [-0.2, 0) is 0 Å². The number of hydrazine groups is 2. The molecule has 9 heteroatoms. The summed E-state index contributed by atoms with van der Waals surface area (Å²) in [6.45, 7) is 7.10. The lowest BCUT2D eigenvalue weighted by molar-refractivity contribution is 0.260. The van der Waals surface area contributed by atoms with E-state index >= 15 is 0 Å². The normalized spacial score (nSPS) is 17.6. The van der Waals surface area contributed by atoms with E-state index in [0.29, 0.717) is 34.6 Å². The summed E-state index contributed by atoms with van der Waals surface area (Å²) in [5.41, 5.74) is 10.4. The monoisotopic (exact) mass is 566 g/mol. The predicted molar refractivity (Wildman–Crippen MR) is 149 cm³/mol. The molecule has 1 aliphatic heterocycles. The second kappa shape index (κ2) is 9.81. The number of nitriles is 1. The van der Waals surface area contributed by atoms with Crippen LogP contribution in [0, 0.1) is 16.7 Å². The van der Waals surface area contributed by atoms with Gasteiger partial charge in [-0.25, -0.2) is 0 Å². The van der Waals surface area contributed by atoms with Gasteiger partial charge in [0.25, 0.3) is 0 Å². The second-order valence-corrected chi connectivity index (χ2v) is 11.6. The third-order valence-corrected chi connectivity index (χ3v) is 6.90. The molecule has 3 aromatic rings. The van der Waals surface area contributed by atoms with Crippen molar-refractivity contribution in [3.05, 3.63) is 75.1 Å². The fourth-order valence-corrected chi connectivity index (χ4v) is 4.71. The summed E-state index contributed by atoms with van der Waals surface area (Å²) >= 11 is 9.84. The SMILES string of the molecule is [2H][C@@](Nc1cc(Br)c2ncc(C#N)c(NCC(C)(C)C)c2c1)(C1=CN(C2CC2)NN1)c1ccc(Cl)cc1. The number of anilines is 2. The Morgan fingerprint density at radius 1 is 1.31 bits per heavy atom. The maximum absolute atomic E-state index is 9.80. The van der Waals surface area contributed by atoms with Crippen LogP contribution in [0.1, 0.15) is 52.1 Å². The van der Waals surface area contributed by atoms with E-state index in [1.807, 2.05) is 35.5 Å². The Hall–Kier alpha value is -2.99. The van der Waals surface area contributed by atoms with Crippen molar-refractivity contribution in [3.63, 3.8) is 0 Å². The van der Waals surface area contributed by atoms with Crippen LogP contribution in [0.2, 0.25) is 5.02 Å². The number of hydrogen-bond donors (Lipinski definition) is 4. The number of benzene rings is 2. The van der Waals surface area contributed by atoms with E-state index in [0.717, 1.165) is 39.5 Å². The Bertz CT molecular complexity index is 1410. The lowest BCUT2D eigenvalue weighted by atomic mass is 9.96. The maximum atomic E-state index is 9.80. The van der Waals surface area contributed by atoms with Gasteiger partial charge in [0.1, 0.15) is 6.07 Å². The highest BCUT2D eigenvalue weighted by Gasteiger charge is 2.32. The van der Waals surface area contributed by atoms with Crippen molar-refractivity contribution in [2.24, 2.45) is 5.41 Å². The number of nitrogens with zero attached hydrogens (tertiary/aromatic N) is 3. The van der Waals surface area contributed by atoms with E-state index in [9.17, 15) is 6.63 Å². The first-order chi connectivity index (χ1) is 17.6. The molecule has 36 heavy (non-hydrogen) atoms.